The van der Waals surface area contributed by atoms with E-state index < -0.39 is 6.09 Å². The van der Waals surface area contributed by atoms with E-state index in [4.69, 9.17) is 5.73 Å². The van der Waals surface area contributed by atoms with E-state index in [0.717, 1.165) is 11.1 Å². The molecule has 0 saturated carbocycles. The van der Waals surface area contributed by atoms with E-state index in [1.807, 2.05) is 36.4 Å². The third kappa shape index (κ3) is 5.65. The lowest BCUT2D eigenvalue weighted by Gasteiger charge is -2.37. The Bertz CT molecular complexity index is 1090. The minimum atomic E-state index is -0.900. The number of hydrogen-bond donors (Lipinski definition) is 3. The fourth-order valence-electron chi connectivity index (χ4n) is 4.97. The summed E-state index contributed by atoms with van der Waals surface area (Å²) in [5, 5.41) is 13.2. The van der Waals surface area contributed by atoms with E-state index in [2.05, 4.69) is 65.2 Å². The molecule has 1 aromatic heterocycles. The molecule has 1 amide bonds. The van der Waals surface area contributed by atoms with Gasteiger partial charge in [-0.15, -0.1) is 0 Å². The molecule has 1 saturated heterocycles. The Hall–Kier alpha value is -3.81. The van der Waals surface area contributed by atoms with Crippen molar-refractivity contribution in [2.24, 2.45) is 5.41 Å². The monoisotopic (exact) mass is 474 g/mol. The number of aromatic nitrogens is 2. The third-order valence-electron chi connectivity index (χ3n) is 6.45. The van der Waals surface area contributed by atoms with Gasteiger partial charge < -0.3 is 26.0 Å². The predicted octanol–water partition coefficient (Wildman–Crippen LogP) is 4.84. The number of benzene rings is 2. The molecule has 0 spiro atoms. The van der Waals surface area contributed by atoms with Crippen LogP contribution in [0.1, 0.15) is 38.3 Å². The van der Waals surface area contributed by atoms with Gasteiger partial charge in [-0.25, -0.2) is 14.8 Å². The van der Waals surface area contributed by atoms with Crippen molar-refractivity contribution in [1.82, 2.24) is 14.9 Å². The molecule has 1 aliphatic rings. The normalized spacial score (nSPS) is 17.9. The molecule has 2 heterocycles. The average Bonchev–Trinajstić information content (AvgIpc) is 3.26. The number of amides is 1. The van der Waals surface area contributed by atoms with E-state index in [9.17, 15) is 9.90 Å². The maximum absolute atomic E-state index is 11.9. The maximum atomic E-state index is 11.9. The Balaban J connectivity index is 1.64. The number of rotatable bonds is 7. The summed E-state index contributed by atoms with van der Waals surface area (Å²) >= 11 is 0. The van der Waals surface area contributed by atoms with Gasteiger partial charge in [-0.1, -0.05) is 81.4 Å². The Labute approximate surface area is 206 Å². The molecule has 8 nitrogen and oxygen atoms in total. The molecule has 184 valence electrons. The van der Waals surface area contributed by atoms with Crippen LogP contribution >= 0.6 is 0 Å². The highest BCUT2D eigenvalue weighted by Gasteiger charge is 2.44. The lowest BCUT2D eigenvalue weighted by Crippen LogP contribution is -2.49. The molecular weight excluding hydrogens is 440 g/mol. The lowest BCUT2D eigenvalue weighted by molar-refractivity contribution is 0.103. The van der Waals surface area contributed by atoms with Gasteiger partial charge in [0, 0.05) is 19.6 Å². The molecule has 1 fully saturated rings. The predicted molar refractivity (Wildman–Crippen MR) is 139 cm³/mol. The fraction of sp³-hybridized carbons (Fsp3) is 0.370. The van der Waals surface area contributed by atoms with Crippen molar-refractivity contribution < 1.29 is 9.90 Å². The van der Waals surface area contributed by atoms with Gasteiger partial charge in [-0.05, 0) is 23.0 Å². The molecule has 4 rings (SSSR count). The van der Waals surface area contributed by atoms with Crippen molar-refractivity contribution in [3.05, 3.63) is 78.1 Å². The number of anilines is 3. The molecule has 8 heteroatoms. The number of carboxylic acid groups (broad SMARTS) is 1. The fourth-order valence-corrected chi connectivity index (χ4v) is 4.97. The first kappa shape index (κ1) is 24.3. The number of nitrogens with zero attached hydrogens (tertiary/aromatic N) is 4. The first-order valence-electron chi connectivity index (χ1n) is 11.9. The topological polar surface area (TPSA) is 108 Å². The molecule has 0 aliphatic carbocycles. The van der Waals surface area contributed by atoms with Crippen molar-refractivity contribution in [2.75, 3.05) is 22.5 Å². The van der Waals surface area contributed by atoms with E-state index in [0.29, 0.717) is 43.4 Å². The Kier molecular flexibility index (Phi) is 7.10. The molecule has 2 aromatic carbocycles. The molecule has 2 unspecified atom stereocenters. The zero-order valence-corrected chi connectivity index (χ0v) is 20.6. The first-order chi connectivity index (χ1) is 16.7. The van der Waals surface area contributed by atoms with E-state index in [1.165, 1.54) is 11.2 Å². The quantitative estimate of drug-likeness (QED) is 0.449. The summed E-state index contributed by atoms with van der Waals surface area (Å²) < 4.78 is 0. The number of nitrogens with two attached hydrogens (primary N) is 1. The van der Waals surface area contributed by atoms with Crippen LogP contribution in [0, 0.1) is 5.41 Å². The van der Waals surface area contributed by atoms with Gasteiger partial charge in [-0.3, -0.25) is 0 Å². The van der Waals surface area contributed by atoms with Crippen molar-refractivity contribution >= 4 is 23.4 Å². The standard InChI is InChI=1S/C27H34N6O2/c1-27(2,3)23-21(14-15-33(23)26(34)35)31-24-22(28)25(30-18-29-24)32(16-19-10-6-4-7-11-19)17-20-12-8-5-9-13-20/h4-13,18,21,23H,14-17,28H2,1-3H3,(H,34,35)(H,29,30,31). The summed E-state index contributed by atoms with van der Waals surface area (Å²) in [5.74, 6) is 1.18. The summed E-state index contributed by atoms with van der Waals surface area (Å²) in [4.78, 5) is 24.5. The van der Waals surface area contributed by atoms with Gasteiger partial charge in [0.25, 0.3) is 0 Å². The zero-order chi connectivity index (χ0) is 25.0. The van der Waals surface area contributed by atoms with Crippen LogP contribution in [-0.4, -0.2) is 44.7 Å². The second-order valence-electron chi connectivity index (χ2n) is 10.1. The van der Waals surface area contributed by atoms with Gasteiger partial charge in [0.15, 0.2) is 11.6 Å². The van der Waals surface area contributed by atoms with Crippen LogP contribution in [0.3, 0.4) is 0 Å². The minimum Gasteiger partial charge on any atom is -0.465 e. The number of nitrogens with one attached hydrogen (secondary N) is 1. The Morgan fingerprint density at radius 3 is 2.14 bits per heavy atom. The highest BCUT2D eigenvalue weighted by Crippen LogP contribution is 2.36. The van der Waals surface area contributed by atoms with Crippen LogP contribution in [0.2, 0.25) is 0 Å². The van der Waals surface area contributed by atoms with Crippen LogP contribution < -0.4 is 16.0 Å². The molecular formula is C27H34N6O2. The SMILES string of the molecule is CC(C)(C)C1C(Nc2ncnc(N(Cc3ccccc3)Cc3ccccc3)c2N)CCN1C(=O)O. The number of hydrogen-bond acceptors (Lipinski definition) is 6. The van der Waals surface area contributed by atoms with E-state index in [-0.39, 0.29) is 17.5 Å². The summed E-state index contributed by atoms with van der Waals surface area (Å²) in [7, 11) is 0. The lowest BCUT2D eigenvalue weighted by atomic mass is 9.82. The van der Waals surface area contributed by atoms with Crippen molar-refractivity contribution in [1.29, 1.82) is 0 Å². The summed E-state index contributed by atoms with van der Waals surface area (Å²) in [6.07, 6.45) is 1.31. The zero-order valence-electron chi connectivity index (χ0n) is 20.6. The van der Waals surface area contributed by atoms with Gasteiger partial charge in [-0.2, -0.15) is 0 Å². The van der Waals surface area contributed by atoms with Crippen LogP contribution in [0.4, 0.5) is 22.1 Å². The number of nitrogen functional groups attached to an aromatic ring is 1. The molecule has 0 bridgehead atoms. The Morgan fingerprint density at radius 1 is 1.06 bits per heavy atom. The average molecular weight is 475 g/mol. The second-order valence-corrected chi connectivity index (χ2v) is 10.1. The first-order valence-corrected chi connectivity index (χ1v) is 11.9. The Morgan fingerprint density at radius 2 is 1.63 bits per heavy atom. The smallest absolute Gasteiger partial charge is 0.407 e. The number of carbonyl (C=O) groups is 1. The van der Waals surface area contributed by atoms with Crippen LogP contribution in [0.25, 0.3) is 0 Å². The molecule has 35 heavy (non-hydrogen) atoms. The van der Waals surface area contributed by atoms with Crippen molar-refractivity contribution in [3.8, 4) is 0 Å². The molecule has 1 aliphatic heterocycles. The van der Waals surface area contributed by atoms with Crippen LogP contribution in [-0.2, 0) is 13.1 Å². The highest BCUT2D eigenvalue weighted by atomic mass is 16.4. The molecule has 4 N–H and O–H groups in total. The maximum Gasteiger partial charge on any atom is 0.407 e. The largest absolute Gasteiger partial charge is 0.465 e. The third-order valence-corrected chi connectivity index (χ3v) is 6.45. The second kappa shape index (κ2) is 10.2. The van der Waals surface area contributed by atoms with Crippen molar-refractivity contribution in [2.45, 2.75) is 52.4 Å². The van der Waals surface area contributed by atoms with Crippen LogP contribution in [0.5, 0.6) is 0 Å². The van der Waals surface area contributed by atoms with Crippen LogP contribution in [0.15, 0.2) is 67.0 Å². The van der Waals surface area contributed by atoms with Gasteiger partial charge >= 0.3 is 6.09 Å². The molecule has 0 radical (unpaired) electrons. The van der Waals surface area contributed by atoms with Gasteiger partial charge in [0.2, 0.25) is 0 Å². The van der Waals surface area contributed by atoms with E-state index in [1.54, 1.807) is 0 Å². The van der Waals surface area contributed by atoms with Crippen molar-refractivity contribution in [3.63, 3.8) is 0 Å². The van der Waals surface area contributed by atoms with Gasteiger partial charge in [0.1, 0.15) is 12.0 Å². The minimum absolute atomic E-state index is 0.104. The number of likely N-dealkylation sites (tertiary alicyclic amines) is 1. The summed E-state index contributed by atoms with van der Waals surface area (Å²) in [6, 6.07) is 20.1. The van der Waals surface area contributed by atoms with Gasteiger partial charge in [0.05, 0.1) is 12.1 Å². The highest BCUT2D eigenvalue weighted by molar-refractivity contribution is 5.75. The van der Waals surface area contributed by atoms with E-state index >= 15 is 0 Å². The summed E-state index contributed by atoms with van der Waals surface area (Å²) in [6.45, 7) is 7.92. The summed E-state index contributed by atoms with van der Waals surface area (Å²) in [5.41, 5.74) is 9.17. The molecule has 3 aromatic rings. The molecule has 2 atom stereocenters.